The van der Waals surface area contributed by atoms with Crippen LogP contribution in [0.4, 0.5) is 5.69 Å². The summed E-state index contributed by atoms with van der Waals surface area (Å²) in [4.78, 5) is 9.41. The number of piperidine rings is 2. The third-order valence-electron chi connectivity index (χ3n) is 6.75. The van der Waals surface area contributed by atoms with Crippen LogP contribution in [0.2, 0.25) is 0 Å². The van der Waals surface area contributed by atoms with Crippen molar-refractivity contribution in [2.24, 2.45) is 11.8 Å². The Bertz CT molecular complexity index is 585. The normalized spacial score (nSPS) is 24.0. The highest BCUT2D eigenvalue weighted by Gasteiger charge is 2.30. The van der Waals surface area contributed by atoms with E-state index in [2.05, 4.69) is 20.9 Å². The van der Waals surface area contributed by atoms with Gasteiger partial charge in [0.2, 0.25) is 0 Å². The second kappa shape index (κ2) is 7.74. The van der Waals surface area contributed by atoms with Gasteiger partial charge in [-0.05, 0) is 82.0 Å². The van der Waals surface area contributed by atoms with Crippen LogP contribution in [0.15, 0.2) is 18.3 Å². The van der Waals surface area contributed by atoms with E-state index in [0.717, 1.165) is 31.0 Å². The van der Waals surface area contributed by atoms with Crippen LogP contribution in [0.25, 0.3) is 0 Å². The maximum absolute atomic E-state index is 8.86. The van der Waals surface area contributed by atoms with Crippen LogP contribution in [0, 0.1) is 23.2 Å². The Morgan fingerprint density at radius 3 is 2.16 bits per heavy atom. The van der Waals surface area contributed by atoms with E-state index >= 15 is 0 Å². The number of hydrogen-bond acceptors (Lipinski definition) is 4. The van der Waals surface area contributed by atoms with Gasteiger partial charge >= 0.3 is 0 Å². The van der Waals surface area contributed by atoms with Crippen molar-refractivity contribution in [1.29, 1.82) is 5.26 Å². The molecule has 2 saturated heterocycles. The van der Waals surface area contributed by atoms with Crippen molar-refractivity contribution < 1.29 is 0 Å². The topological polar surface area (TPSA) is 43.2 Å². The van der Waals surface area contributed by atoms with E-state index in [1.54, 1.807) is 0 Å². The quantitative estimate of drug-likeness (QED) is 0.837. The Balaban J connectivity index is 1.20. The highest BCUT2D eigenvalue weighted by Crippen LogP contribution is 2.34. The number of hydrogen-bond donors (Lipinski definition) is 0. The fourth-order valence-corrected chi connectivity index (χ4v) is 4.84. The van der Waals surface area contributed by atoms with E-state index in [1.165, 1.54) is 70.1 Å². The molecule has 0 N–H and O–H groups in total. The van der Waals surface area contributed by atoms with Crippen molar-refractivity contribution in [1.82, 2.24) is 9.88 Å². The van der Waals surface area contributed by atoms with Crippen molar-refractivity contribution in [3.05, 3.63) is 24.0 Å². The molecule has 1 aliphatic carbocycles. The van der Waals surface area contributed by atoms with Crippen molar-refractivity contribution in [3.8, 4) is 6.07 Å². The minimum atomic E-state index is 0.506. The van der Waals surface area contributed by atoms with E-state index in [1.807, 2.05) is 18.3 Å². The molecule has 4 heteroatoms. The van der Waals surface area contributed by atoms with Gasteiger partial charge in [-0.25, -0.2) is 4.98 Å². The molecule has 0 spiro atoms. The lowest BCUT2D eigenvalue weighted by atomic mass is 9.81. The summed E-state index contributed by atoms with van der Waals surface area (Å²) in [6.07, 6.45) is 13.1. The predicted molar refractivity (Wildman–Crippen MR) is 100 cm³/mol. The van der Waals surface area contributed by atoms with Gasteiger partial charge in [0, 0.05) is 19.1 Å². The molecule has 3 fully saturated rings. The third kappa shape index (κ3) is 3.98. The average Bonchev–Trinajstić information content (AvgIpc) is 2.63. The van der Waals surface area contributed by atoms with E-state index in [4.69, 9.17) is 5.26 Å². The predicted octanol–water partition coefficient (Wildman–Crippen LogP) is 3.82. The lowest BCUT2D eigenvalue weighted by Gasteiger charge is -2.43. The van der Waals surface area contributed by atoms with Gasteiger partial charge in [0.1, 0.15) is 11.8 Å². The monoisotopic (exact) mass is 338 g/mol. The van der Waals surface area contributed by atoms with Gasteiger partial charge < -0.3 is 9.80 Å². The fraction of sp³-hybridized carbons (Fsp3) is 0.714. The van der Waals surface area contributed by atoms with E-state index in [0.29, 0.717) is 5.69 Å². The minimum absolute atomic E-state index is 0.506. The molecule has 0 amide bonds. The molecule has 1 saturated carbocycles. The zero-order chi connectivity index (χ0) is 17.1. The summed E-state index contributed by atoms with van der Waals surface area (Å²) in [5.74, 6) is 1.87. The maximum Gasteiger partial charge on any atom is 0.140 e. The van der Waals surface area contributed by atoms with Crippen molar-refractivity contribution in [3.63, 3.8) is 0 Å². The average molecular weight is 338 g/mol. The van der Waals surface area contributed by atoms with Crippen LogP contribution < -0.4 is 4.90 Å². The molecular weight excluding hydrogens is 308 g/mol. The van der Waals surface area contributed by atoms with Crippen LogP contribution >= 0.6 is 0 Å². The van der Waals surface area contributed by atoms with E-state index < -0.39 is 0 Å². The molecular formula is C21H30N4. The molecule has 3 heterocycles. The Morgan fingerprint density at radius 2 is 1.64 bits per heavy atom. The van der Waals surface area contributed by atoms with Crippen LogP contribution in [0.1, 0.15) is 57.1 Å². The highest BCUT2D eigenvalue weighted by molar-refractivity contribution is 5.46. The van der Waals surface area contributed by atoms with Gasteiger partial charge in [-0.15, -0.1) is 0 Å². The summed E-state index contributed by atoms with van der Waals surface area (Å²) in [6, 6.07) is 6.90. The maximum atomic E-state index is 8.86. The summed E-state index contributed by atoms with van der Waals surface area (Å²) >= 11 is 0. The number of pyridine rings is 1. The molecule has 2 aliphatic heterocycles. The first kappa shape index (κ1) is 16.8. The SMILES string of the molecule is N#Cc1ccc(N2CCC(CC3CCN(C4CCC4)CC3)CC2)cn1. The summed E-state index contributed by atoms with van der Waals surface area (Å²) in [6.45, 7) is 4.98. The Morgan fingerprint density at radius 1 is 0.960 bits per heavy atom. The Hall–Kier alpha value is -1.60. The largest absolute Gasteiger partial charge is 0.370 e. The van der Waals surface area contributed by atoms with Gasteiger partial charge in [-0.1, -0.05) is 6.42 Å². The van der Waals surface area contributed by atoms with Crippen molar-refractivity contribution >= 4 is 5.69 Å². The molecule has 1 aromatic heterocycles. The summed E-state index contributed by atoms with van der Waals surface area (Å²) < 4.78 is 0. The molecule has 0 unspecified atom stereocenters. The molecule has 0 radical (unpaired) electrons. The highest BCUT2D eigenvalue weighted by atomic mass is 15.2. The van der Waals surface area contributed by atoms with Crippen LogP contribution in [0.3, 0.4) is 0 Å². The molecule has 134 valence electrons. The first-order valence-corrected chi connectivity index (χ1v) is 10.2. The zero-order valence-electron chi connectivity index (χ0n) is 15.2. The van der Waals surface area contributed by atoms with Crippen LogP contribution in [-0.2, 0) is 0 Å². The van der Waals surface area contributed by atoms with E-state index in [-0.39, 0.29) is 0 Å². The number of anilines is 1. The van der Waals surface area contributed by atoms with Gasteiger partial charge in [0.25, 0.3) is 0 Å². The summed E-state index contributed by atoms with van der Waals surface area (Å²) in [5, 5.41) is 8.86. The summed E-state index contributed by atoms with van der Waals surface area (Å²) in [7, 11) is 0. The lowest BCUT2D eigenvalue weighted by molar-refractivity contribution is 0.0772. The third-order valence-corrected chi connectivity index (χ3v) is 6.75. The van der Waals surface area contributed by atoms with Gasteiger partial charge in [0.15, 0.2) is 0 Å². The number of likely N-dealkylation sites (tertiary alicyclic amines) is 1. The number of nitriles is 1. The second-order valence-corrected chi connectivity index (χ2v) is 8.24. The molecule has 0 aromatic carbocycles. The van der Waals surface area contributed by atoms with Crippen molar-refractivity contribution in [2.75, 3.05) is 31.1 Å². The van der Waals surface area contributed by atoms with Gasteiger partial charge in [-0.3, -0.25) is 0 Å². The standard InChI is InChI=1S/C21H30N4/c22-15-19-4-5-21(16-23-19)25-12-8-18(9-13-25)14-17-6-10-24(11-7-17)20-2-1-3-20/h4-5,16-18,20H,1-3,6-14H2. The molecule has 0 bridgehead atoms. The molecule has 1 aromatic rings. The number of rotatable bonds is 4. The van der Waals surface area contributed by atoms with Crippen molar-refractivity contribution in [2.45, 2.75) is 57.4 Å². The van der Waals surface area contributed by atoms with Crippen LogP contribution in [0.5, 0.6) is 0 Å². The minimum Gasteiger partial charge on any atom is -0.370 e. The molecule has 25 heavy (non-hydrogen) atoms. The number of aromatic nitrogens is 1. The van der Waals surface area contributed by atoms with Gasteiger partial charge in [-0.2, -0.15) is 5.26 Å². The molecule has 0 atom stereocenters. The van der Waals surface area contributed by atoms with Gasteiger partial charge in [0.05, 0.1) is 11.9 Å². The summed E-state index contributed by atoms with van der Waals surface area (Å²) in [5.41, 5.74) is 1.68. The first-order valence-electron chi connectivity index (χ1n) is 10.2. The molecule has 4 rings (SSSR count). The Labute approximate surface area is 151 Å². The smallest absolute Gasteiger partial charge is 0.140 e. The lowest BCUT2D eigenvalue weighted by Crippen LogP contribution is -2.45. The number of nitrogens with zero attached hydrogens (tertiary/aromatic N) is 4. The fourth-order valence-electron chi connectivity index (χ4n) is 4.84. The molecule has 4 nitrogen and oxygen atoms in total. The first-order chi connectivity index (χ1) is 12.3. The van der Waals surface area contributed by atoms with Crippen LogP contribution in [-0.4, -0.2) is 42.1 Å². The molecule has 3 aliphatic rings. The zero-order valence-corrected chi connectivity index (χ0v) is 15.2. The second-order valence-electron chi connectivity index (χ2n) is 8.24. The Kier molecular flexibility index (Phi) is 5.22. The van der Waals surface area contributed by atoms with E-state index in [9.17, 15) is 0 Å².